The molecule has 2 aromatic rings. The van der Waals surface area contributed by atoms with Crippen LogP contribution in [0.15, 0.2) is 48.7 Å². The van der Waals surface area contributed by atoms with Crippen LogP contribution in [0.5, 0.6) is 0 Å². The minimum absolute atomic E-state index is 0.107. The largest absolute Gasteiger partial charge is 0.375 e. The first-order valence-corrected chi connectivity index (χ1v) is 11.2. The summed E-state index contributed by atoms with van der Waals surface area (Å²) in [4.78, 5) is 4.83. The summed E-state index contributed by atoms with van der Waals surface area (Å²) in [6.45, 7) is 1.93. The standard InChI is InChI=1S/C25H32N2O/c1-2-8-21-20(7-1)10-11-22(21)26-17-14-24(23-9-3-6-16-27-23)15-18-28-25(19-24)12-4-5-13-25/h1-3,6-9,16,22,26H,4-5,10-15,17-19H2/t22-,24+/m0/s1. The summed E-state index contributed by atoms with van der Waals surface area (Å²) in [7, 11) is 0. The van der Waals surface area contributed by atoms with Crippen molar-refractivity contribution < 1.29 is 4.74 Å². The van der Waals surface area contributed by atoms with E-state index in [0.29, 0.717) is 6.04 Å². The molecule has 2 aliphatic carbocycles. The zero-order chi connectivity index (χ0) is 18.9. The fraction of sp³-hybridized carbons (Fsp3) is 0.560. The zero-order valence-corrected chi connectivity index (χ0v) is 16.8. The van der Waals surface area contributed by atoms with Gasteiger partial charge in [0.05, 0.1) is 5.60 Å². The molecule has 0 unspecified atom stereocenters. The lowest BCUT2D eigenvalue weighted by Crippen LogP contribution is -2.47. The Morgan fingerprint density at radius 2 is 1.89 bits per heavy atom. The normalized spacial score (nSPS) is 28.5. The van der Waals surface area contributed by atoms with Gasteiger partial charge in [-0.2, -0.15) is 0 Å². The van der Waals surface area contributed by atoms with E-state index in [0.717, 1.165) is 32.4 Å². The van der Waals surface area contributed by atoms with Crippen molar-refractivity contribution in [1.29, 1.82) is 0 Å². The van der Waals surface area contributed by atoms with Crippen LogP contribution in [0.25, 0.3) is 0 Å². The molecule has 1 saturated heterocycles. The molecule has 1 aliphatic heterocycles. The van der Waals surface area contributed by atoms with Crippen LogP contribution in [0.4, 0.5) is 0 Å². The van der Waals surface area contributed by atoms with Crippen LogP contribution in [0.2, 0.25) is 0 Å². The first kappa shape index (κ1) is 18.3. The van der Waals surface area contributed by atoms with Crippen molar-refractivity contribution in [1.82, 2.24) is 10.3 Å². The van der Waals surface area contributed by atoms with Gasteiger partial charge in [-0.05, 0) is 74.8 Å². The topological polar surface area (TPSA) is 34.1 Å². The Labute approximate surface area is 168 Å². The summed E-state index contributed by atoms with van der Waals surface area (Å²) in [5.74, 6) is 0. The van der Waals surface area contributed by atoms with Crippen molar-refractivity contribution in [2.24, 2.45) is 0 Å². The molecule has 1 aromatic heterocycles. The molecule has 3 heteroatoms. The average molecular weight is 377 g/mol. The lowest BCUT2D eigenvalue weighted by molar-refractivity contribution is -0.104. The minimum atomic E-state index is 0.107. The Kier molecular flexibility index (Phi) is 4.98. The molecule has 1 saturated carbocycles. The van der Waals surface area contributed by atoms with E-state index in [2.05, 4.69) is 41.7 Å². The molecule has 2 atom stereocenters. The number of ether oxygens (including phenoxy) is 1. The molecule has 0 amide bonds. The molecular weight excluding hydrogens is 344 g/mol. The van der Waals surface area contributed by atoms with Crippen molar-refractivity contribution in [3.05, 3.63) is 65.5 Å². The number of aromatic nitrogens is 1. The Bertz CT molecular complexity index is 799. The molecule has 148 valence electrons. The predicted molar refractivity (Wildman–Crippen MR) is 112 cm³/mol. The first-order chi connectivity index (χ1) is 13.8. The molecule has 1 aromatic carbocycles. The van der Waals surface area contributed by atoms with Crippen LogP contribution >= 0.6 is 0 Å². The van der Waals surface area contributed by atoms with Gasteiger partial charge in [-0.1, -0.05) is 43.2 Å². The van der Waals surface area contributed by atoms with Gasteiger partial charge >= 0.3 is 0 Å². The highest BCUT2D eigenvalue weighted by Gasteiger charge is 2.48. The molecule has 0 radical (unpaired) electrons. The molecule has 28 heavy (non-hydrogen) atoms. The summed E-state index contributed by atoms with van der Waals surface area (Å²) in [5.41, 5.74) is 4.56. The molecule has 0 bridgehead atoms. The molecule has 1 N–H and O–H groups in total. The maximum Gasteiger partial charge on any atom is 0.0691 e. The van der Waals surface area contributed by atoms with Crippen molar-refractivity contribution in [2.75, 3.05) is 13.2 Å². The first-order valence-electron chi connectivity index (χ1n) is 11.2. The van der Waals surface area contributed by atoms with Gasteiger partial charge in [-0.25, -0.2) is 0 Å². The highest BCUT2D eigenvalue weighted by atomic mass is 16.5. The Balaban J connectivity index is 1.33. The minimum Gasteiger partial charge on any atom is -0.375 e. The highest BCUT2D eigenvalue weighted by molar-refractivity contribution is 5.34. The van der Waals surface area contributed by atoms with Crippen molar-refractivity contribution in [3.63, 3.8) is 0 Å². The van der Waals surface area contributed by atoms with E-state index >= 15 is 0 Å². The molecule has 3 aliphatic rings. The second-order valence-corrected chi connectivity index (χ2v) is 9.15. The molecule has 2 fully saturated rings. The van der Waals surface area contributed by atoms with E-state index in [4.69, 9.17) is 9.72 Å². The van der Waals surface area contributed by atoms with E-state index in [-0.39, 0.29) is 11.0 Å². The van der Waals surface area contributed by atoms with Gasteiger partial charge in [-0.15, -0.1) is 0 Å². The Hall–Kier alpha value is -1.71. The third-order valence-electron chi connectivity index (χ3n) is 7.50. The predicted octanol–water partition coefficient (Wildman–Crippen LogP) is 5.11. The van der Waals surface area contributed by atoms with E-state index in [1.165, 1.54) is 55.3 Å². The number of aryl methyl sites for hydroxylation is 1. The molecular formula is C25H32N2O. The zero-order valence-electron chi connectivity index (χ0n) is 16.8. The van der Waals surface area contributed by atoms with Crippen LogP contribution in [-0.4, -0.2) is 23.7 Å². The Morgan fingerprint density at radius 3 is 2.75 bits per heavy atom. The average Bonchev–Trinajstić information content (AvgIpc) is 3.36. The van der Waals surface area contributed by atoms with Gasteiger partial charge in [0, 0.05) is 30.0 Å². The molecule has 2 heterocycles. The molecule has 5 rings (SSSR count). The number of pyridine rings is 1. The Morgan fingerprint density at radius 1 is 1.04 bits per heavy atom. The maximum absolute atomic E-state index is 6.38. The van der Waals surface area contributed by atoms with Crippen molar-refractivity contribution >= 4 is 0 Å². The summed E-state index contributed by atoms with van der Waals surface area (Å²) < 4.78 is 6.38. The lowest BCUT2D eigenvalue weighted by Gasteiger charge is -2.46. The number of hydrogen-bond donors (Lipinski definition) is 1. The monoisotopic (exact) mass is 376 g/mol. The summed E-state index contributed by atoms with van der Waals surface area (Å²) >= 11 is 0. The number of benzene rings is 1. The maximum atomic E-state index is 6.38. The van der Waals surface area contributed by atoms with Gasteiger partial charge in [-0.3, -0.25) is 4.98 Å². The van der Waals surface area contributed by atoms with Gasteiger partial charge in [0.25, 0.3) is 0 Å². The summed E-state index contributed by atoms with van der Waals surface area (Å²) in [5, 5.41) is 3.89. The number of fused-ring (bicyclic) bond motifs is 1. The second kappa shape index (κ2) is 7.61. The fourth-order valence-corrected chi connectivity index (χ4v) is 6.05. The second-order valence-electron chi connectivity index (χ2n) is 9.15. The van der Waals surface area contributed by atoms with Crippen LogP contribution in [0.1, 0.15) is 74.2 Å². The van der Waals surface area contributed by atoms with Crippen LogP contribution in [0.3, 0.4) is 0 Å². The van der Waals surface area contributed by atoms with Crippen LogP contribution in [-0.2, 0) is 16.6 Å². The third-order valence-corrected chi connectivity index (χ3v) is 7.50. The summed E-state index contributed by atoms with van der Waals surface area (Å²) in [6, 6.07) is 15.9. The highest BCUT2D eigenvalue weighted by Crippen LogP contribution is 2.49. The van der Waals surface area contributed by atoms with Gasteiger partial charge in [0.1, 0.15) is 0 Å². The smallest absolute Gasteiger partial charge is 0.0691 e. The van der Waals surface area contributed by atoms with Gasteiger partial charge in [0.15, 0.2) is 0 Å². The third kappa shape index (κ3) is 3.40. The molecule has 1 spiro atoms. The fourth-order valence-electron chi connectivity index (χ4n) is 6.05. The van der Waals surface area contributed by atoms with E-state index in [1.807, 2.05) is 12.3 Å². The van der Waals surface area contributed by atoms with E-state index in [9.17, 15) is 0 Å². The summed E-state index contributed by atoms with van der Waals surface area (Å²) in [6.07, 6.45) is 12.9. The number of rotatable bonds is 5. The number of nitrogens with zero attached hydrogens (tertiary/aromatic N) is 1. The molecule has 3 nitrogen and oxygen atoms in total. The van der Waals surface area contributed by atoms with Gasteiger partial charge < -0.3 is 10.1 Å². The SMILES string of the molecule is c1ccc([C@]2(CCN[C@H]3CCc4ccccc43)CCOC3(CCCC3)C2)nc1. The number of nitrogens with one attached hydrogen (secondary N) is 1. The van der Waals surface area contributed by atoms with Crippen LogP contribution in [0, 0.1) is 0 Å². The van der Waals surface area contributed by atoms with Gasteiger partial charge in [0.2, 0.25) is 0 Å². The van der Waals surface area contributed by atoms with Crippen molar-refractivity contribution in [3.8, 4) is 0 Å². The quantitative estimate of drug-likeness (QED) is 0.787. The number of hydrogen-bond acceptors (Lipinski definition) is 3. The van der Waals surface area contributed by atoms with E-state index in [1.54, 1.807) is 0 Å². The van der Waals surface area contributed by atoms with E-state index < -0.39 is 0 Å². The van der Waals surface area contributed by atoms with Crippen LogP contribution < -0.4 is 5.32 Å². The lowest BCUT2D eigenvalue weighted by atomic mass is 9.68. The van der Waals surface area contributed by atoms with Crippen molar-refractivity contribution in [2.45, 2.75) is 74.8 Å².